The van der Waals surface area contributed by atoms with Crippen molar-refractivity contribution in [3.63, 3.8) is 0 Å². The Morgan fingerprint density at radius 3 is 2.50 bits per heavy atom. The lowest BCUT2D eigenvalue weighted by Gasteiger charge is -2.17. The van der Waals surface area contributed by atoms with Gasteiger partial charge in [0.1, 0.15) is 0 Å². The first kappa shape index (κ1) is 14.2. The normalized spacial score (nSPS) is 20.8. The highest BCUT2D eigenvalue weighted by atomic mass is 79.9. The van der Waals surface area contributed by atoms with Gasteiger partial charge in [0.05, 0.1) is 21.8 Å². The minimum absolute atomic E-state index is 0.0633. The maximum Gasteiger partial charge on any atom is 0.0835 e. The van der Waals surface area contributed by atoms with Gasteiger partial charge in [0, 0.05) is 10.5 Å². The molecule has 2 aromatic rings. The van der Waals surface area contributed by atoms with E-state index in [2.05, 4.69) is 33.4 Å². The van der Waals surface area contributed by atoms with Crippen molar-refractivity contribution < 1.29 is 0 Å². The second-order valence-electron chi connectivity index (χ2n) is 4.89. The van der Waals surface area contributed by atoms with Gasteiger partial charge in [-0.3, -0.25) is 0 Å². The molecule has 0 spiro atoms. The van der Waals surface area contributed by atoms with Crippen LogP contribution in [0.25, 0.3) is 0 Å². The highest BCUT2D eigenvalue weighted by Gasteiger charge is 2.28. The molecule has 104 valence electrons. The highest BCUT2D eigenvalue weighted by molar-refractivity contribution is 9.10. The van der Waals surface area contributed by atoms with Crippen LogP contribution in [-0.4, -0.2) is 0 Å². The third-order valence-corrected chi connectivity index (χ3v) is 5.40. The minimum Gasteiger partial charge on any atom is -0.377 e. The molecule has 0 saturated heterocycles. The van der Waals surface area contributed by atoms with E-state index in [1.165, 1.54) is 11.1 Å². The molecular formula is C15H13BrCl2N2. The highest BCUT2D eigenvalue weighted by Crippen LogP contribution is 2.42. The molecule has 5 heteroatoms. The van der Waals surface area contributed by atoms with Crippen LogP contribution in [0.5, 0.6) is 0 Å². The fraction of sp³-hybridized carbons (Fsp3) is 0.200. The zero-order valence-electron chi connectivity index (χ0n) is 10.5. The Balaban J connectivity index is 1.92. The summed E-state index contributed by atoms with van der Waals surface area (Å²) in [6.45, 7) is 0. The molecule has 0 radical (unpaired) electrons. The topological polar surface area (TPSA) is 38.0 Å². The van der Waals surface area contributed by atoms with Crippen LogP contribution in [0.3, 0.4) is 0 Å². The molecule has 20 heavy (non-hydrogen) atoms. The van der Waals surface area contributed by atoms with E-state index >= 15 is 0 Å². The van der Waals surface area contributed by atoms with Crippen molar-refractivity contribution in [2.24, 2.45) is 5.73 Å². The van der Waals surface area contributed by atoms with Crippen molar-refractivity contribution in [2.45, 2.75) is 18.5 Å². The Kier molecular flexibility index (Phi) is 3.95. The summed E-state index contributed by atoms with van der Waals surface area (Å²) in [5, 5.41) is 4.49. The quantitative estimate of drug-likeness (QED) is 0.701. The number of benzene rings is 2. The fourth-order valence-electron chi connectivity index (χ4n) is 2.64. The van der Waals surface area contributed by atoms with E-state index in [9.17, 15) is 0 Å². The van der Waals surface area contributed by atoms with Crippen LogP contribution < -0.4 is 11.1 Å². The summed E-state index contributed by atoms with van der Waals surface area (Å²) in [5.41, 5.74) is 9.43. The van der Waals surface area contributed by atoms with Gasteiger partial charge < -0.3 is 11.1 Å². The Morgan fingerprint density at radius 1 is 1.05 bits per heavy atom. The monoisotopic (exact) mass is 370 g/mol. The van der Waals surface area contributed by atoms with Gasteiger partial charge in [-0.15, -0.1) is 0 Å². The fourth-order valence-corrected chi connectivity index (χ4v) is 3.46. The van der Waals surface area contributed by atoms with Gasteiger partial charge in [-0.25, -0.2) is 0 Å². The lowest BCUT2D eigenvalue weighted by atomic mass is 10.1. The predicted octanol–water partition coefficient (Wildman–Crippen LogP) is 5.31. The number of rotatable bonds is 2. The number of hydrogen-bond acceptors (Lipinski definition) is 2. The molecule has 0 amide bonds. The van der Waals surface area contributed by atoms with Gasteiger partial charge in [0.2, 0.25) is 0 Å². The lowest BCUT2D eigenvalue weighted by Crippen LogP contribution is -2.10. The van der Waals surface area contributed by atoms with Crippen molar-refractivity contribution in [1.82, 2.24) is 0 Å². The van der Waals surface area contributed by atoms with Crippen molar-refractivity contribution in [3.8, 4) is 0 Å². The third-order valence-electron chi connectivity index (χ3n) is 3.63. The Hall–Kier alpha value is -0.740. The number of fused-ring (bicyclic) bond motifs is 1. The first-order valence-corrected chi connectivity index (χ1v) is 7.87. The van der Waals surface area contributed by atoms with Gasteiger partial charge in [-0.1, -0.05) is 47.5 Å². The van der Waals surface area contributed by atoms with E-state index in [1.54, 1.807) is 0 Å². The molecule has 2 atom stereocenters. The molecule has 0 heterocycles. The zero-order chi connectivity index (χ0) is 14.3. The van der Waals surface area contributed by atoms with Gasteiger partial charge >= 0.3 is 0 Å². The molecule has 0 aliphatic heterocycles. The van der Waals surface area contributed by atoms with Crippen LogP contribution in [0.1, 0.15) is 29.6 Å². The van der Waals surface area contributed by atoms with Gasteiger partial charge in [0.25, 0.3) is 0 Å². The average Bonchev–Trinajstić information content (AvgIpc) is 2.77. The van der Waals surface area contributed by atoms with Gasteiger partial charge in [-0.05, 0) is 45.6 Å². The van der Waals surface area contributed by atoms with Gasteiger partial charge in [0.15, 0.2) is 0 Å². The molecule has 3 rings (SSSR count). The molecule has 2 aromatic carbocycles. The first-order valence-electron chi connectivity index (χ1n) is 6.32. The molecule has 1 aliphatic rings. The van der Waals surface area contributed by atoms with E-state index in [0.717, 1.165) is 16.6 Å². The van der Waals surface area contributed by atoms with Crippen LogP contribution in [0.2, 0.25) is 10.0 Å². The summed E-state index contributed by atoms with van der Waals surface area (Å²) >= 11 is 15.8. The van der Waals surface area contributed by atoms with E-state index in [4.69, 9.17) is 28.9 Å². The van der Waals surface area contributed by atoms with E-state index in [1.807, 2.05) is 24.3 Å². The van der Waals surface area contributed by atoms with Crippen LogP contribution in [0.4, 0.5) is 5.69 Å². The number of anilines is 1. The molecule has 0 aromatic heterocycles. The maximum absolute atomic E-state index is 6.28. The average molecular weight is 372 g/mol. The first-order chi connectivity index (χ1) is 9.58. The minimum atomic E-state index is 0.0633. The number of hydrogen-bond donors (Lipinski definition) is 2. The molecular weight excluding hydrogens is 359 g/mol. The summed E-state index contributed by atoms with van der Waals surface area (Å²) in [6, 6.07) is 12.3. The summed E-state index contributed by atoms with van der Waals surface area (Å²) in [7, 11) is 0. The summed E-state index contributed by atoms with van der Waals surface area (Å²) in [4.78, 5) is 0. The van der Waals surface area contributed by atoms with E-state index < -0.39 is 0 Å². The van der Waals surface area contributed by atoms with E-state index in [-0.39, 0.29) is 12.1 Å². The van der Waals surface area contributed by atoms with Crippen molar-refractivity contribution in [2.75, 3.05) is 5.32 Å². The van der Waals surface area contributed by atoms with Gasteiger partial charge in [-0.2, -0.15) is 0 Å². The van der Waals surface area contributed by atoms with Crippen LogP contribution in [0, 0.1) is 0 Å². The Bertz CT molecular complexity index is 660. The van der Waals surface area contributed by atoms with Crippen molar-refractivity contribution in [1.29, 1.82) is 0 Å². The SMILES string of the molecule is NC1CC(Nc2ccc(Br)c(Cl)c2Cl)c2ccccc21. The molecule has 2 nitrogen and oxygen atoms in total. The van der Waals surface area contributed by atoms with Crippen LogP contribution in [0.15, 0.2) is 40.9 Å². The van der Waals surface area contributed by atoms with E-state index in [0.29, 0.717) is 10.0 Å². The largest absolute Gasteiger partial charge is 0.377 e. The summed E-state index contributed by atoms with van der Waals surface area (Å²) in [6.07, 6.45) is 0.851. The predicted molar refractivity (Wildman–Crippen MR) is 88.5 cm³/mol. The smallest absolute Gasteiger partial charge is 0.0835 e. The number of nitrogens with two attached hydrogens (primary N) is 1. The Labute approximate surface area is 136 Å². The molecule has 0 fully saturated rings. The standard InChI is InChI=1S/C15H13BrCl2N2/c16-10-5-6-12(15(18)14(10)17)20-13-7-11(19)8-3-1-2-4-9(8)13/h1-6,11,13,20H,7,19H2. The second kappa shape index (κ2) is 5.57. The summed E-state index contributed by atoms with van der Waals surface area (Å²) in [5.74, 6) is 0. The number of halogens is 3. The third kappa shape index (κ3) is 2.44. The Morgan fingerprint density at radius 2 is 1.75 bits per heavy atom. The molecule has 3 N–H and O–H groups in total. The summed E-state index contributed by atoms with van der Waals surface area (Å²) < 4.78 is 0.790. The molecule has 2 unspecified atom stereocenters. The molecule has 0 saturated carbocycles. The maximum atomic E-state index is 6.28. The van der Waals surface area contributed by atoms with Crippen molar-refractivity contribution >= 4 is 44.8 Å². The number of nitrogens with one attached hydrogen (secondary N) is 1. The second-order valence-corrected chi connectivity index (χ2v) is 6.50. The lowest BCUT2D eigenvalue weighted by molar-refractivity contribution is 0.648. The zero-order valence-corrected chi connectivity index (χ0v) is 13.6. The van der Waals surface area contributed by atoms with Crippen LogP contribution >= 0.6 is 39.1 Å². The van der Waals surface area contributed by atoms with Crippen LogP contribution in [-0.2, 0) is 0 Å². The molecule has 1 aliphatic carbocycles. The van der Waals surface area contributed by atoms with Crippen molar-refractivity contribution in [3.05, 3.63) is 62.0 Å². The molecule has 0 bridgehead atoms.